The van der Waals surface area contributed by atoms with Crippen molar-refractivity contribution in [2.24, 2.45) is 0 Å². The molecule has 0 N–H and O–H groups in total. The van der Waals surface area contributed by atoms with Crippen LogP contribution in [0.25, 0.3) is 32.3 Å². The van der Waals surface area contributed by atoms with Gasteiger partial charge in [0, 0.05) is 24.2 Å². The number of benzene rings is 6. The molecule has 0 amide bonds. The fraction of sp³-hybridized carbons (Fsp3) is 0.125. The van der Waals surface area contributed by atoms with Crippen molar-refractivity contribution >= 4 is 61.8 Å². The Hall–Kier alpha value is -3.41. The lowest BCUT2D eigenvalue weighted by molar-refractivity contribution is 0.949. The molecule has 164 valence electrons. The molecule has 6 aromatic carbocycles. The molecule has 1 nitrogen and oxygen atoms in total. The van der Waals surface area contributed by atoms with Crippen LogP contribution in [0.5, 0.6) is 0 Å². The molecule has 0 atom stereocenters. The highest BCUT2D eigenvalue weighted by molar-refractivity contribution is 7.80. The Morgan fingerprint density at radius 2 is 1.03 bits per heavy atom. The predicted molar refractivity (Wildman–Crippen MR) is 150 cm³/mol. The van der Waals surface area contributed by atoms with Crippen LogP contribution in [0.4, 0.5) is 5.69 Å². The molecule has 2 heteroatoms. The summed E-state index contributed by atoms with van der Waals surface area (Å²) in [5.41, 5.74) is 1.40. The van der Waals surface area contributed by atoms with Gasteiger partial charge in [0.05, 0.1) is 0 Å². The molecule has 1 heterocycles. The van der Waals surface area contributed by atoms with Crippen LogP contribution in [0.3, 0.4) is 0 Å². The van der Waals surface area contributed by atoms with Gasteiger partial charge in [-0.3, -0.25) is 0 Å². The summed E-state index contributed by atoms with van der Waals surface area (Å²) < 4.78 is 0. The van der Waals surface area contributed by atoms with Crippen LogP contribution >= 0.6 is 7.92 Å². The van der Waals surface area contributed by atoms with Crippen molar-refractivity contribution in [1.29, 1.82) is 0 Å². The SMILES string of the molecule is c1ccc(P(c2ccccc2)c2ccc3ccc4c(N5CCCC5)ccc5ccc2c3c54)cc1. The Morgan fingerprint density at radius 3 is 1.68 bits per heavy atom. The minimum absolute atomic E-state index is 0.650. The number of hydrogen-bond acceptors (Lipinski definition) is 1. The van der Waals surface area contributed by atoms with Crippen LogP contribution in [0.15, 0.2) is 109 Å². The molecule has 1 aliphatic heterocycles. The summed E-state index contributed by atoms with van der Waals surface area (Å²) in [6.07, 6.45) is 2.59. The second-order valence-corrected chi connectivity index (χ2v) is 11.5. The van der Waals surface area contributed by atoms with E-state index in [1.807, 2.05) is 0 Å². The van der Waals surface area contributed by atoms with Crippen molar-refractivity contribution in [3.8, 4) is 0 Å². The van der Waals surface area contributed by atoms with E-state index in [-0.39, 0.29) is 0 Å². The van der Waals surface area contributed by atoms with Gasteiger partial charge in [0.1, 0.15) is 0 Å². The minimum atomic E-state index is -0.650. The molecular weight excluding hydrogens is 429 g/mol. The summed E-state index contributed by atoms with van der Waals surface area (Å²) in [7, 11) is -0.650. The molecular formula is C32H26NP. The quantitative estimate of drug-likeness (QED) is 0.206. The second kappa shape index (κ2) is 8.12. The molecule has 34 heavy (non-hydrogen) atoms. The zero-order valence-electron chi connectivity index (χ0n) is 19.1. The lowest BCUT2D eigenvalue weighted by Gasteiger charge is -2.24. The van der Waals surface area contributed by atoms with Crippen LogP contribution in [0.1, 0.15) is 12.8 Å². The zero-order valence-corrected chi connectivity index (χ0v) is 20.0. The molecule has 1 fully saturated rings. The summed E-state index contributed by atoms with van der Waals surface area (Å²) in [6, 6.07) is 40.9. The van der Waals surface area contributed by atoms with Crippen LogP contribution in [-0.4, -0.2) is 13.1 Å². The number of rotatable bonds is 4. The fourth-order valence-electron chi connectivity index (χ4n) is 5.78. The molecule has 7 rings (SSSR count). The van der Waals surface area contributed by atoms with Crippen LogP contribution in [0, 0.1) is 0 Å². The molecule has 0 saturated carbocycles. The number of hydrogen-bond donors (Lipinski definition) is 0. The van der Waals surface area contributed by atoms with E-state index in [1.54, 1.807) is 0 Å². The molecule has 0 aromatic heterocycles. The third-order valence-corrected chi connectivity index (χ3v) is 9.84. The Kier molecular flexibility index (Phi) is 4.78. The first-order chi connectivity index (χ1) is 16.9. The summed E-state index contributed by atoms with van der Waals surface area (Å²) >= 11 is 0. The summed E-state index contributed by atoms with van der Waals surface area (Å²) in [4.78, 5) is 2.58. The monoisotopic (exact) mass is 455 g/mol. The Balaban J connectivity index is 1.54. The second-order valence-electron chi connectivity index (χ2n) is 9.29. The summed E-state index contributed by atoms with van der Waals surface area (Å²) in [6.45, 7) is 2.34. The number of nitrogens with zero attached hydrogens (tertiary/aromatic N) is 1. The van der Waals surface area contributed by atoms with Gasteiger partial charge in [-0.2, -0.15) is 0 Å². The first kappa shape index (κ1) is 20.0. The zero-order chi connectivity index (χ0) is 22.5. The van der Waals surface area contributed by atoms with E-state index in [0.717, 1.165) is 0 Å². The average molecular weight is 456 g/mol. The third kappa shape index (κ3) is 3.11. The summed E-state index contributed by atoms with van der Waals surface area (Å²) in [5.74, 6) is 0. The smallest absolute Gasteiger partial charge is 0.0446 e. The van der Waals surface area contributed by atoms with Gasteiger partial charge in [-0.05, 0) is 69.7 Å². The van der Waals surface area contributed by atoms with Gasteiger partial charge in [-0.25, -0.2) is 0 Å². The van der Waals surface area contributed by atoms with Crippen molar-refractivity contribution in [3.05, 3.63) is 109 Å². The van der Waals surface area contributed by atoms with E-state index in [0.29, 0.717) is 0 Å². The fourth-order valence-corrected chi connectivity index (χ4v) is 8.23. The van der Waals surface area contributed by atoms with Crippen molar-refractivity contribution < 1.29 is 0 Å². The van der Waals surface area contributed by atoms with Gasteiger partial charge in [-0.15, -0.1) is 0 Å². The van der Waals surface area contributed by atoms with Crippen LogP contribution in [0.2, 0.25) is 0 Å². The average Bonchev–Trinajstić information content (AvgIpc) is 3.44. The van der Waals surface area contributed by atoms with E-state index >= 15 is 0 Å². The summed E-state index contributed by atoms with van der Waals surface area (Å²) in [5, 5.41) is 12.6. The maximum absolute atomic E-state index is 2.58. The first-order valence-corrected chi connectivity index (χ1v) is 13.6. The van der Waals surface area contributed by atoms with Crippen molar-refractivity contribution in [1.82, 2.24) is 0 Å². The standard InChI is InChI=1S/C32H26NP/c1-3-9-25(10-4-1)34(26-11-5-2-6-12-26)30-20-16-24-13-17-27-29(33-21-7-8-22-33)19-15-23-14-18-28(30)32(24)31(23)27/h1-6,9-20H,7-8,21-22H2. The third-order valence-electron chi connectivity index (χ3n) is 7.34. The highest BCUT2D eigenvalue weighted by Gasteiger charge is 2.22. The van der Waals surface area contributed by atoms with Gasteiger partial charge in [0.25, 0.3) is 0 Å². The van der Waals surface area contributed by atoms with Crippen molar-refractivity contribution in [2.75, 3.05) is 18.0 Å². The molecule has 0 unspecified atom stereocenters. The number of anilines is 1. The maximum Gasteiger partial charge on any atom is 0.0446 e. The molecule has 1 aliphatic rings. The molecule has 0 radical (unpaired) electrons. The van der Waals surface area contributed by atoms with Gasteiger partial charge in [0.15, 0.2) is 0 Å². The molecule has 6 aromatic rings. The van der Waals surface area contributed by atoms with Gasteiger partial charge >= 0.3 is 0 Å². The Labute approximate surface area is 201 Å². The Morgan fingerprint density at radius 1 is 0.500 bits per heavy atom. The van der Waals surface area contributed by atoms with E-state index in [4.69, 9.17) is 0 Å². The lowest BCUT2D eigenvalue weighted by atomic mass is 9.93. The van der Waals surface area contributed by atoms with E-state index in [2.05, 4.69) is 114 Å². The van der Waals surface area contributed by atoms with Crippen LogP contribution < -0.4 is 20.8 Å². The molecule has 0 aliphatic carbocycles. The molecule has 1 saturated heterocycles. The minimum Gasteiger partial charge on any atom is -0.371 e. The van der Waals surface area contributed by atoms with Crippen LogP contribution in [-0.2, 0) is 0 Å². The molecule has 0 spiro atoms. The highest BCUT2D eigenvalue weighted by atomic mass is 31.1. The van der Waals surface area contributed by atoms with Gasteiger partial charge in [0.2, 0.25) is 0 Å². The van der Waals surface area contributed by atoms with E-state index in [9.17, 15) is 0 Å². The Bertz CT molecular complexity index is 1560. The van der Waals surface area contributed by atoms with Gasteiger partial charge < -0.3 is 4.90 Å². The van der Waals surface area contributed by atoms with E-state index in [1.165, 1.54) is 79.8 Å². The predicted octanol–water partition coefficient (Wildman–Crippen LogP) is 6.94. The largest absolute Gasteiger partial charge is 0.371 e. The maximum atomic E-state index is 2.58. The van der Waals surface area contributed by atoms with E-state index < -0.39 is 7.92 Å². The molecule has 0 bridgehead atoms. The van der Waals surface area contributed by atoms with Gasteiger partial charge in [-0.1, -0.05) is 103 Å². The lowest BCUT2D eigenvalue weighted by Crippen LogP contribution is -2.21. The first-order valence-electron chi connectivity index (χ1n) is 12.2. The topological polar surface area (TPSA) is 3.24 Å². The van der Waals surface area contributed by atoms with Crippen molar-refractivity contribution in [2.45, 2.75) is 12.8 Å². The highest BCUT2D eigenvalue weighted by Crippen LogP contribution is 2.42. The normalized spacial score (nSPS) is 14.2. The van der Waals surface area contributed by atoms with Crippen molar-refractivity contribution in [3.63, 3.8) is 0 Å².